The summed E-state index contributed by atoms with van der Waals surface area (Å²) < 4.78 is 8.59. The van der Waals surface area contributed by atoms with Gasteiger partial charge < -0.3 is 9.30 Å². The zero-order chi connectivity index (χ0) is 20.3. The smallest absolute Gasteiger partial charge is 0.279 e. The van der Waals surface area contributed by atoms with Crippen LogP contribution in [0.25, 0.3) is 10.2 Å². The van der Waals surface area contributed by atoms with Crippen molar-refractivity contribution in [3.05, 3.63) is 58.4 Å². The molecule has 0 aliphatic carbocycles. The maximum atomic E-state index is 12.8. The summed E-state index contributed by atoms with van der Waals surface area (Å²) in [6, 6.07) is 13.4. The Balaban J connectivity index is 2.08. The molecule has 144 valence electrons. The second-order valence-corrected chi connectivity index (χ2v) is 8.46. The molecule has 0 N–H and O–H groups in total. The van der Waals surface area contributed by atoms with Gasteiger partial charge in [0.05, 0.1) is 17.9 Å². The summed E-state index contributed by atoms with van der Waals surface area (Å²) in [4.78, 5) is 17.7. The summed E-state index contributed by atoms with van der Waals surface area (Å²) in [7, 11) is 0. The topological polar surface area (TPSA) is 43.6 Å². The van der Waals surface area contributed by atoms with Gasteiger partial charge in [-0.3, -0.25) is 4.79 Å². The van der Waals surface area contributed by atoms with Crippen LogP contribution >= 0.6 is 11.3 Å². The van der Waals surface area contributed by atoms with Crippen molar-refractivity contribution in [3.63, 3.8) is 0 Å². The fourth-order valence-corrected chi connectivity index (χ4v) is 4.00. The van der Waals surface area contributed by atoms with E-state index in [9.17, 15) is 4.79 Å². The van der Waals surface area contributed by atoms with Gasteiger partial charge in [0.2, 0.25) is 0 Å². The van der Waals surface area contributed by atoms with Crippen LogP contribution < -0.4 is 9.54 Å². The molecule has 0 saturated heterocycles. The number of thiazole rings is 1. The lowest BCUT2D eigenvalue weighted by Gasteiger charge is -2.18. The largest absolute Gasteiger partial charge is 0.492 e. The van der Waals surface area contributed by atoms with Crippen molar-refractivity contribution in [3.8, 4) is 18.1 Å². The number of nitrogens with zero attached hydrogens (tertiary/aromatic N) is 2. The van der Waals surface area contributed by atoms with E-state index in [0.29, 0.717) is 23.5 Å². The van der Waals surface area contributed by atoms with Gasteiger partial charge in [0.1, 0.15) is 11.3 Å². The van der Waals surface area contributed by atoms with Crippen LogP contribution in [0, 0.1) is 12.3 Å². The van der Waals surface area contributed by atoms with Gasteiger partial charge in [-0.15, -0.1) is 6.42 Å². The molecule has 3 rings (SSSR count). The number of carbonyl (C=O) groups excluding carboxylic acids is 1. The number of hydrogen-bond donors (Lipinski definition) is 0. The summed E-state index contributed by atoms with van der Waals surface area (Å²) in [5, 5.41) is 0. The lowest BCUT2D eigenvalue weighted by Crippen LogP contribution is -2.17. The van der Waals surface area contributed by atoms with Crippen LogP contribution in [-0.2, 0) is 12.0 Å². The molecule has 1 amide bonds. The molecule has 0 fully saturated rings. The molecule has 0 unspecified atom stereocenters. The lowest BCUT2D eigenvalue weighted by atomic mass is 9.87. The van der Waals surface area contributed by atoms with E-state index in [2.05, 4.69) is 31.7 Å². The Morgan fingerprint density at radius 3 is 2.54 bits per heavy atom. The van der Waals surface area contributed by atoms with E-state index >= 15 is 0 Å². The Kier molecular flexibility index (Phi) is 5.71. The van der Waals surface area contributed by atoms with Gasteiger partial charge in [-0.05, 0) is 42.2 Å². The highest BCUT2D eigenvalue weighted by Crippen LogP contribution is 2.28. The molecule has 0 radical (unpaired) electrons. The summed E-state index contributed by atoms with van der Waals surface area (Å²) in [6.07, 6.45) is 5.57. The molecule has 4 nitrogen and oxygen atoms in total. The first-order valence-electron chi connectivity index (χ1n) is 9.23. The SMILES string of the molecule is C#CCn1c(=NC(=O)c2ccc(C(C)(C)C)cc2)sc2cccc(OCC)c21. The number of rotatable bonds is 4. The summed E-state index contributed by atoms with van der Waals surface area (Å²) in [6.45, 7) is 9.24. The Bertz CT molecular complexity index is 1110. The van der Waals surface area contributed by atoms with Crippen molar-refractivity contribution in [2.45, 2.75) is 39.7 Å². The number of benzene rings is 2. The van der Waals surface area contributed by atoms with Crippen molar-refractivity contribution in [1.82, 2.24) is 4.57 Å². The average Bonchev–Trinajstić information content (AvgIpc) is 3.00. The van der Waals surface area contributed by atoms with Crippen molar-refractivity contribution in [2.75, 3.05) is 6.61 Å². The molecule has 5 heteroatoms. The van der Waals surface area contributed by atoms with E-state index in [0.717, 1.165) is 16.0 Å². The molecular weight excluding hydrogens is 368 g/mol. The molecule has 0 atom stereocenters. The molecule has 0 bridgehead atoms. The van der Waals surface area contributed by atoms with Gasteiger partial charge in [-0.1, -0.05) is 56.2 Å². The molecule has 0 aliphatic heterocycles. The molecular formula is C23H24N2O2S. The number of aromatic nitrogens is 1. The highest BCUT2D eigenvalue weighted by molar-refractivity contribution is 7.16. The number of ether oxygens (including phenoxy) is 1. The second-order valence-electron chi connectivity index (χ2n) is 7.46. The van der Waals surface area contributed by atoms with Gasteiger partial charge in [0.25, 0.3) is 5.91 Å². The van der Waals surface area contributed by atoms with Crippen LogP contribution in [0.15, 0.2) is 47.5 Å². The molecule has 0 spiro atoms. The van der Waals surface area contributed by atoms with E-state index in [1.54, 1.807) is 0 Å². The third kappa shape index (κ3) is 4.02. The molecule has 2 aromatic carbocycles. The molecule has 1 aromatic heterocycles. The number of hydrogen-bond acceptors (Lipinski definition) is 3. The van der Waals surface area contributed by atoms with Gasteiger partial charge in [0.15, 0.2) is 4.80 Å². The third-order valence-corrected chi connectivity index (χ3v) is 5.45. The Morgan fingerprint density at radius 1 is 1.21 bits per heavy atom. The normalized spacial score (nSPS) is 12.2. The number of fused-ring (bicyclic) bond motifs is 1. The predicted octanol–water partition coefficient (Wildman–Crippen LogP) is 4.77. The minimum atomic E-state index is -0.282. The number of para-hydroxylation sites is 1. The summed E-state index contributed by atoms with van der Waals surface area (Å²) in [5.41, 5.74) is 2.65. The van der Waals surface area contributed by atoms with Crippen LogP contribution in [-0.4, -0.2) is 17.1 Å². The number of amides is 1. The minimum absolute atomic E-state index is 0.0374. The molecule has 0 aliphatic rings. The van der Waals surface area contributed by atoms with Crippen LogP contribution in [0.5, 0.6) is 5.75 Å². The van der Waals surface area contributed by atoms with Crippen molar-refractivity contribution >= 4 is 27.5 Å². The van der Waals surface area contributed by atoms with Gasteiger partial charge in [-0.2, -0.15) is 4.99 Å². The maximum Gasteiger partial charge on any atom is 0.279 e. The average molecular weight is 393 g/mol. The summed E-state index contributed by atoms with van der Waals surface area (Å²) in [5.74, 6) is 3.12. The summed E-state index contributed by atoms with van der Waals surface area (Å²) >= 11 is 1.43. The quantitative estimate of drug-likeness (QED) is 0.600. The predicted molar refractivity (Wildman–Crippen MR) is 115 cm³/mol. The lowest BCUT2D eigenvalue weighted by molar-refractivity contribution is 0.0998. The minimum Gasteiger partial charge on any atom is -0.492 e. The zero-order valence-corrected chi connectivity index (χ0v) is 17.5. The van der Waals surface area contributed by atoms with Crippen LogP contribution in [0.1, 0.15) is 43.6 Å². The van der Waals surface area contributed by atoms with Crippen molar-refractivity contribution in [1.29, 1.82) is 0 Å². The first kappa shape index (κ1) is 19.9. The molecule has 1 heterocycles. The monoisotopic (exact) mass is 392 g/mol. The third-order valence-electron chi connectivity index (χ3n) is 4.41. The fraction of sp³-hybridized carbons (Fsp3) is 0.304. The van der Waals surface area contributed by atoms with Crippen LogP contribution in [0.4, 0.5) is 0 Å². The Labute approximate surface area is 169 Å². The van der Waals surface area contributed by atoms with E-state index < -0.39 is 0 Å². The fourth-order valence-electron chi connectivity index (χ4n) is 2.96. The first-order chi connectivity index (χ1) is 13.3. The van der Waals surface area contributed by atoms with Crippen LogP contribution in [0.3, 0.4) is 0 Å². The van der Waals surface area contributed by atoms with E-state index in [1.165, 1.54) is 16.9 Å². The molecule has 0 saturated carbocycles. The van der Waals surface area contributed by atoms with Gasteiger partial charge in [-0.25, -0.2) is 0 Å². The standard InChI is InChI=1S/C23H24N2O2S/c1-6-15-25-20-18(27-7-2)9-8-10-19(20)28-22(25)24-21(26)16-11-13-17(14-12-16)23(3,4)5/h1,8-14H,7,15H2,2-5H3. The van der Waals surface area contributed by atoms with Crippen LogP contribution in [0.2, 0.25) is 0 Å². The number of carbonyl (C=O) groups is 1. The Morgan fingerprint density at radius 2 is 1.93 bits per heavy atom. The highest BCUT2D eigenvalue weighted by Gasteiger charge is 2.15. The Hall–Kier alpha value is -2.84. The molecule has 28 heavy (non-hydrogen) atoms. The van der Waals surface area contributed by atoms with Gasteiger partial charge >= 0.3 is 0 Å². The van der Waals surface area contributed by atoms with E-state index in [4.69, 9.17) is 11.2 Å². The van der Waals surface area contributed by atoms with Crippen molar-refractivity contribution < 1.29 is 9.53 Å². The first-order valence-corrected chi connectivity index (χ1v) is 10.0. The number of terminal acetylenes is 1. The van der Waals surface area contributed by atoms with Crippen molar-refractivity contribution in [2.24, 2.45) is 4.99 Å². The molecule has 3 aromatic rings. The van der Waals surface area contributed by atoms with E-state index in [-0.39, 0.29) is 11.3 Å². The van der Waals surface area contributed by atoms with Gasteiger partial charge in [0, 0.05) is 5.56 Å². The second kappa shape index (κ2) is 8.04. The maximum absolute atomic E-state index is 12.8. The highest BCUT2D eigenvalue weighted by atomic mass is 32.1. The zero-order valence-electron chi connectivity index (χ0n) is 16.7. The van der Waals surface area contributed by atoms with E-state index in [1.807, 2.05) is 54.0 Å².